The van der Waals surface area contributed by atoms with Gasteiger partial charge in [-0.1, -0.05) is 33.3 Å². The number of fused-ring (bicyclic) bond motifs is 3. The fraction of sp³-hybridized carbons (Fsp3) is 0.536. The van der Waals surface area contributed by atoms with Gasteiger partial charge in [0.25, 0.3) is 0 Å². The van der Waals surface area contributed by atoms with Crippen LogP contribution in [-0.4, -0.2) is 53.6 Å². The molecule has 0 bridgehead atoms. The van der Waals surface area contributed by atoms with E-state index in [4.69, 9.17) is 9.15 Å². The van der Waals surface area contributed by atoms with Crippen LogP contribution in [0.4, 0.5) is 8.78 Å². The number of H-pyrrole nitrogens is 1. The van der Waals surface area contributed by atoms with E-state index >= 15 is 8.78 Å². The van der Waals surface area contributed by atoms with E-state index in [-0.39, 0.29) is 17.4 Å². The van der Waals surface area contributed by atoms with E-state index in [2.05, 4.69) is 35.6 Å². The molecule has 5 rings (SSSR count). The summed E-state index contributed by atoms with van der Waals surface area (Å²) >= 11 is 0. The largest absolute Gasteiger partial charge is 0.492 e. The molecule has 0 amide bonds. The average molecular weight is 500 g/mol. The van der Waals surface area contributed by atoms with Crippen LogP contribution in [0.5, 0.6) is 5.75 Å². The van der Waals surface area contributed by atoms with Crippen LogP contribution >= 0.6 is 0 Å². The van der Waals surface area contributed by atoms with Gasteiger partial charge in [-0.25, -0.2) is 13.6 Å². The quantitative estimate of drug-likeness (QED) is 0.467. The first-order valence-electron chi connectivity index (χ1n) is 13.0. The van der Waals surface area contributed by atoms with E-state index in [0.717, 1.165) is 36.7 Å². The van der Waals surface area contributed by atoms with Crippen LogP contribution in [0.2, 0.25) is 0 Å². The summed E-state index contributed by atoms with van der Waals surface area (Å²) < 4.78 is 42.5. The summed E-state index contributed by atoms with van der Waals surface area (Å²) in [5, 5.41) is 0. The van der Waals surface area contributed by atoms with Crippen molar-refractivity contribution in [2.75, 3.05) is 32.8 Å². The molecule has 0 spiro atoms. The van der Waals surface area contributed by atoms with E-state index in [1.807, 2.05) is 13.0 Å². The lowest BCUT2D eigenvalue weighted by molar-refractivity contribution is 0.0804. The molecule has 2 aliphatic heterocycles. The Kier molecular flexibility index (Phi) is 6.92. The topological polar surface area (TPSA) is 61.7 Å². The first-order chi connectivity index (χ1) is 17.2. The molecule has 0 saturated carbocycles. The predicted molar refractivity (Wildman–Crippen MR) is 135 cm³/mol. The maximum Gasteiger partial charge on any atom is 0.417 e. The maximum absolute atomic E-state index is 15.7. The number of ether oxygens (including phenoxy) is 1. The lowest BCUT2D eigenvalue weighted by atomic mass is 9.83. The Labute approximate surface area is 210 Å². The van der Waals surface area contributed by atoms with Gasteiger partial charge in [0.05, 0.1) is 11.6 Å². The number of benzene rings is 2. The second kappa shape index (κ2) is 9.98. The van der Waals surface area contributed by atoms with Gasteiger partial charge in [-0.15, -0.1) is 0 Å². The summed E-state index contributed by atoms with van der Waals surface area (Å²) in [6, 6.07) is 5.55. The van der Waals surface area contributed by atoms with Crippen LogP contribution in [0, 0.1) is 23.5 Å². The number of aromatic nitrogens is 1. The third kappa shape index (κ3) is 4.68. The zero-order valence-electron chi connectivity index (χ0n) is 21.4. The third-order valence-electron chi connectivity index (χ3n) is 7.61. The van der Waals surface area contributed by atoms with Gasteiger partial charge in [0, 0.05) is 55.5 Å². The number of hydrogen-bond acceptors (Lipinski definition) is 5. The molecule has 2 aliphatic rings. The van der Waals surface area contributed by atoms with Gasteiger partial charge in [-0.3, -0.25) is 14.8 Å². The molecule has 1 aromatic heterocycles. The van der Waals surface area contributed by atoms with Crippen LogP contribution in [0.15, 0.2) is 33.5 Å². The molecule has 1 saturated heterocycles. The van der Waals surface area contributed by atoms with Crippen molar-refractivity contribution >= 4 is 11.1 Å². The van der Waals surface area contributed by atoms with E-state index in [1.54, 1.807) is 6.07 Å². The van der Waals surface area contributed by atoms with Gasteiger partial charge in [0.15, 0.2) is 5.58 Å². The number of halogens is 2. The fourth-order valence-electron chi connectivity index (χ4n) is 5.74. The Morgan fingerprint density at radius 3 is 2.58 bits per heavy atom. The van der Waals surface area contributed by atoms with Crippen molar-refractivity contribution in [3.63, 3.8) is 0 Å². The number of oxazole rings is 1. The first kappa shape index (κ1) is 25.0. The standard InChI is InChI=1S/C28H35F2N3O3/c1-5-18-14-32(15-18)8-9-35-19-11-22(29)25(23(30)12-19)26-20-6-7-24-27(36-28(34)31-24)21(20)10-17(4)33(26)13-16(2)3/h6-7,11-12,16-18,26H,5,8-10,13-15H2,1-4H3,(H,31,34)/t17-,26+/m1/s1. The Morgan fingerprint density at radius 1 is 1.19 bits per heavy atom. The minimum atomic E-state index is -0.642. The van der Waals surface area contributed by atoms with E-state index in [0.29, 0.717) is 36.6 Å². The summed E-state index contributed by atoms with van der Waals surface area (Å²) in [5.74, 6) is -0.548. The Hall–Kier alpha value is -2.71. The Balaban J connectivity index is 1.47. The molecular formula is C28H35F2N3O3. The van der Waals surface area contributed by atoms with Gasteiger partial charge in [-0.2, -0.15) is 0 Å². The van der Waals surface area contributed by atoms with Crippen molar-refractivity contribution < 1.29 is 17.9 Å². The number of likely N-dealkylation sites (tertiary alicyclic amines) is 1. The third-order valence-corrected chi connectivity index (χ3v) is 7.61. The second-order valence-electron chi connectivity index (χ2n) is 10.8. The van der Waals surface area contributed by atoms with Crippen molar-refractivity contribution in [2.24, 2.45) is 11.8 Å². The van der Waals surface area contributed by atoms with Crippen LogP contribution < -0.4 is 10.5 Å². The molecule has 36 heavy (non-hydrogen) atoms. The van der Waals surface area contributed by atoms with Crippen LogP contribution in [0.1, 0.15) is 56.8 Å². The van der Waals surface area contributed by atoms with Crippen LogP contribution in [0.3, 0.4) is 0 Å². The number of rotatable bonds is 8. The zero-order valence-corrected chi connectivity index (χ0v) is 21.4. The molecule has 0 radical (unpaired) electrons. The molecule has 0 unspecified atom stereocenters. The number of nitrogens with one attached hydrogen (secondary N) is 1. The molecule has 1 N–H and O–H groups in total. The number of nitrogens with zero attached hydrogens (tertiary/aromatic N) is 2. The van der Waals surface area contributed by atoms with Crippen LogP contribution in [-0.2, 0) is 6.42 Å². The number of aromatic amines is 1. The lowest BCUT2D eigenvalue weighted by Crippen LogP contribution is -2.47. The molecule has 194 valence electrons. The second-order valence-corrected chi connectivity index (χ2v) is 10.8. The lowest BCUT2D eigenvalue weighted by Gasteiger charge is -2.43. The maximum atomic E-state index is 15.7. The van der Waals surface area contributed by atoms with Crippen LogP contribution in [0.25, 0.3) is 11.1 Å². The van der Waals surface area contributed by atoms with Gasteiger partial charge < -0.3 is 9.15 Å². The minimum absolute atomic E-state index is 0.00145. The molecule has 1 fully saturated rings. The normalized spacial score (nSPS) is 21.2. The molecular weight excluding hydrogens is 464 g/mol. The molecule has 3 aromatic rings. The first-order valence-corrected chi connectivity index (χ1v) is 13.0. The summed E-state index contributed by atoms with van der Waals surface area (Å²) in [4.78, 5) is 19.0. The highest BCUT2D eigenvalue weighted by atomic mass is 19.1. The summed E-state index contributed by atoms with van der Waals surface area (Å²) in [6.07, 6.45) is 1.80. The van der Waals surface area contributed by atoms with Gasteiger partial charge in [0.1, 0.15) is 24.0 Å². The molecule has 2 aromatic carbocycles. The van der Waals surface area contributed by atoms with E-state index in [9.17, 15) is 4.79 Å². The molecule has 3 heterocycles. The van der Waals surface area contributed by atoms with Gasteiger partial charge in [-0.05, 0) is 36.8 Å². The van der Waals surface area contributed by atoms with Crippen molar-refractivity contribution in [2.45, 2.75) is 52.6 Å². The monoisotopic (exact) mass is 499 g/mol. The SMILES string of the molecule is CCC1CN(CCOc2cc(F)c([C@@H]3c4ccc5[nH]c(=O)oc5c4C[C@@H](C)N3CC(C)C)c(F)c2)C1. The fourth-order valence-corrected chi connectivity index (χ4v) is 5.74. The van der Waals surface area contributed by atoms with E-state index in [1.165, 1.54) is 18.6 Å². The van der Waals surface area contributed by atoms with Crippen molar-refractivity contribution in [3.8, 4) is 5.75 Å². The minimum Gasteiger partial charge on any atom is -0.492 e. The van der Waals surface area contributed by atoms with E-state index < -0.39 is 23.4 Å². The Bertz CT molecular complexity index is 1270. The molecule has 6 nitrogen and oxygen atoms in total. The average Bonchev–Trinajstić information content (AvgIpc) is 3.17. The molecule has 2 atom stereocenters. The zero-order chi connectivity index (χ0) is 25.6. The highest BCUT2D eigenvalue weighted by Crippen LogP contribution is 2.43. The molecule has 0 aliphatic carbocycles. The summed E-state index contributed by atoms with van der Waals surface area (Å²) in [7, 11) is 0. The highest BCUT2D eigenvalue weighted by Gasteiger charge is 2.38. The summed E-state index contributed by atoms with van der Waals surface area (Å²) in [5.41, 5.74) is 2.65. The van der Waals surface area contributed by atoms with Crippen molar-refractivity contribution in [1.82, 2.24) is 14.8 Å². The summed E-state index contributed by atoms with van der Waals surface area (Å²) in [6.45, 7) is 12.4. The smallest absolute Gasteiger partial charge is 0.417 e. The Morgan fingerprint density at radius 2 is 1.92 bits per heavy atom. The van der Waals surface area contributed by atoms with Gasteiger partial charge in [0.2, 0.25) is 0 Å². The molecule has 8 heteroatoms. The van der Waals surface area contributed by atoms with Crippen molar-refractivity contribution in [1.29, 1.82) is 0 Å². The van der Waals surface area contributed by atoms with Gasteiger partial charge >= 0.3 is 5.76 Å². The number of hydrogen-bond donors (Lipinski definition) is 1. The highest BCUT2D eigenvalue weighted by molar-refractivity contribution is 5.78. The predicted octanol–water partition coefficient (Wildman–Crippen LogP) is 5.11. The van der Waals surface area contributed by atoms with Crippen molar-refractivity contribution in [3.05, 3.63) is 63.1 Å².